The first-order chi connectivity index (χ1) is 14.7. The number of aromatic nitrogens is 3. The zero-order chi connectivity index (χ0) is 22.2. The fourth-order valence-corrected chi connectivity index (χ4v) is 5.05. The molecule has 31 heavy (non-hydrogen) atoms. The lowest BCUT2D eigenvalue weighted by atomic mass is 10.1. The predicted octanol–water partition coefficient (Wildman–Crippen LogP) is 2.44. The average molecular weight is 438 g/mol. The van der Waals surface area contributed by atoms with Gasteiger partial charge in [0.2, 0.25) is 10.0 Å². The monoisotopic (exact) mass is 437 g/mol. The number of benzene rings is 2. The van der Waals surface area contributed by atoms with Gasteiger partial charge in [-0.1, -0.05) is 29.3 Å². The summed E-state index contributed by atoms with van der Waals surface area (Å²) in [4.78, 5) is 16.6. The van der Waals surface area contributed by atoms with Crippen molar-refractivity contribution in [1.29, 1.82) is 0 Å². The van der Waals surface area contributed by atoms with Gasteiger partial charge in [0, 0.05) is 24.9 Å². The van der Waals surface area contributed by atoms with E-state index in [1.54, 1.807) is 12.1 Å². The van der Waals surface area contributed by atoms with E-state index >= 15 is 0 Å². The average Bonchev–Trinajstić information content (AvgIpc) is 3.12. The van der Waals surface area contributed by atoms with Crippen molar-refractivity contribution in [2.45, 2.75) is 25.2 Å². The first kappa shape index (κ1) is 21.0. The summed E-state index contributed by atoms with van der Waals surface area (Å²) in [6.07, 6.45) is 3.79. The number of carbonyl (C=O) groups excluding carboxylic acids is 1. The summed E-state index contributed by atoms with van der Waals surface area (Å²) in [5, 5.41) is 4.43. The van der Waals surface area contributed by atoms with Crippen molar-refractivity contribution in [2.75, 3.05) is 13.1 Å². The van der Waals surface area contributed by atoms with E-state index in [1.165, 1.54) is 33.6 Å². The Kier molecular flexibility index (Phi) is 5.47. The number of nitrogens with zero attached hydrogens (tertiary/aromatic N) is 4. The number of amides is 1. The third-order valence-corrected chi connectivity index (χ3v) is 7.01. The first-order valence-electron chi connectivity index (χ1n) is 9.86. The smallest absolute Gasteiger partial charge is 0.250 e. The summed E-state index contributed by atoms with van der Waals surface area (Å²) >= 11 is 0. The highest BCUT2D eigenvalue weighted by Gasteiger charge is 2.29. The molecule has 0 atom stereocenters. The van der Waals surface area contributed by atoms with Crippen molar-refractivity contribution in [3.05, 3.63) is 65.5 Å². The van der Waals surface area contributed by atoms with Crippen molar-refractivity contribution in [3.63, 3.8) is 0 Å². The van der Waals surface area contributed by atoms with E-state index in [4.69, 9.17) is 5.73 Å². The number of nitrogens with two attached hydrogens (primary N) is 1. The number of rotatable bonds is 6. The van der Waals surface area contributed by atoms with Crippen LogP contribution in [0.2, 0.25) is 0 Å². The van der Waals surface area contributed by atoms with Crippen LogP contribution in [0.5, 0.6) is 0 Å². The minimum Gasteiger partial charge on any atom is -0.366 e. The molecule has 2 aromatic carbocycles. The SMILES string of the molecule is Cc1cc(C)cc(-c2ncn(/C=C(/C(N)=O)c3cccc(S(=O)(=O)N4CCC4)c3)n2)c1. The molecule has 0 spiro atoms. The Labute approximate surface area is 181 Å². The molecular weight excluding hydrogens is 414 g/mol. The van der Waals surface area contributed by atoms with Crippen molar-refractivity contribution in [1.82, 2.24) is 19.1 Å². The number of sulfonamides is 1. The topological polar surface area (TPSA) is 111 Å². The molecule has 8 nitrogen and oxygen atoms in total. The summed E-state index contributed by atoms with van der Waals surface area (Å²) in [7, 11) is -3.58. The van der Waals surface area contributed by atoms with Crippen LogP contribution in [-0.4, -0.2) is 46.5 Å². The van der Waals surface area contributed by atoms with Gasteiger partial charge >= 0.3 is 0 Å². The largest absolute Gasteiger partial charge is 0.366 e. The number of carbonyl (C=O) groups is 1. The van der Waals surface area contributed by atoms with Crippen LogP contribution >= 0.6 is 0 Å². The lowest BCUT2D eigenvalue weighted by Crippen LogP contribution is -2.41. The molecule has 2 N–H and O–H groups in total. The summed E-state index contributed by atoms with van der Waals surface area (Å²) in [5.74, 6) is -0.178. The first-order valence-corrected chi connectivity index (χ1v) is 11.3. The van der Waals surface area contributed by atoms with Gasteiger partial charge < -0.3 is 5.73 Å². The van der Waals surface area contributed by atoms with Gasteiger partial charge in [0.25, 0.3) is 5.91 Å². The fraction of sp³-hybridized carbons (Fsp3) is 0.227. The molecule has 0 saturated carbocycles. The van der Waals surface area contributed by atoms with E-state index in [0.29, 0.717) is 24.5 Å². The Hall–Kier alpha value is -3.30. The molecule has 3 aromatic rings. The molecule has 1 aliphatic heterocycles. The van der Waals surface area contributed by atoms with Crippen LogP contribution in [0.15, 0.2) is 53.7 Å². The summed E-state index contributed by atoms with van der Waals surface area (Å²) in [5.41, 5.74) is 9.20. The van der Waals surface area contributed by atoms with Gasteiger partial charge in [0.05, 0.1) is 10.5 Å². The molecule has 1 amide bonds. The molecular formula is C22H23N5O3S. The molecule has 0 unspecified atom stereocenters. The zero-order valence-electron chi connectivity index (χ0n) is 17.3. The highest BCUT2D eigenvalue weighted by atomic mass is 32.2. The van der Waals surface area contributed by atoms with Crippen molar-refractivity contribution in [2.24, 2.45) is 5.73 Å². The predicted molar refractivity (Wildman–Crippen MR) is 118 cm³/mol. The van der Waals surface area contributed by atoms with Crippen molar-refractivity contribution >= 4 is 27.7 Å². The van der Waals surface area contributed by atoms with Gasteiger partial charge in [0.1, 0.15) is 6.33 Å². The second kappa shape index (κ2) is 8.09. The van der Waals surface area contributed by atoms with Crippen LogP contribution in [0.25, 0.3) is 23.2 Å². The van der Waals surface area contributed by atoms with Gasteiger partial charge in [-0.25, -0.2) is 18.1 Å². The standard InChI is InChI=1S/C22H23N5O3S/c1-15-9-16(2)11-18(10-15)22-24-14-26(25-22)13-20(21(23)28)17-5-3-6-19(12-17)31(29,30)27-7-4-8-27/h3,5-6,9-14H,4,7-8H2,1-2H3,(H2,23,28)/b20-13+. The van der Waals surface area contributed by atoms with Gasteiger partial charge in [-0.3, -0.25) is 4.79 Å². The van der Waals surface area contributed by atoms with Crippen LogP contribution in [0, 0.1) is 13.8 Å². The van der Waals surface area contributed by atoms with E-state index in [1.807, 2.05) is 26.0 Å². The third-order valence-electron chi connectivity index (χ3n) is 5.11. The molecule has 1 aromatic heterocycles. The Morgan fingerprint density at radius 1 is 1.10 bits per heavy atom. The Morgan fingerprint density at radius 3 is 2.42 bits per heavy atom. The number of hydrogen-bond acceptors (Lipinski definition) is 5. The van der Waals surface area contributed by atoms with Crippen LogP contribution in [0.3, 0.4) is 0 Å². The maximum absolute atomic E-state index is 12.7. The fourth-order valence-electron chi connectivity index (χ4n) is 3.49. The maximum Gasteiger partial charge on any atom is 0.250 e. The van der Waals surface area contributed by atoms with Crippen LogP contribution in [0.1, 0.15) is 23.1 Å². The molecule has 0 aliphatic carbocycles. The lowest BCUT2D eigenvalue weighted by Gasteiger charge is -2.29. The summed E-state index contributed by atoms with van der Waals surface area (Å²) in [6.45, 7) is 5.01. The zero-order valence-corrected chi connectivity index (χ0v) is 18.1. The number of hydrogen-bond donors (Lipinski definition) is 1. The molecule has 160 valence electrons. The van der Waals surface area contributed by atoms with Gasteiger partial charge in [0.15, 0.2) is 5.82 Å². The van der Waals surface area contributed by atoms with Crippen molar-refractivity contribution < 1.29 is 13.2 Å². The minimum atomic E-state index is -3.58. The molecule has 0 radical (unpaired) electrons. The van der Waals surface area contributed by atoms with Gasteiger partial charge in [-0.15, -0.1) is 5.10 Å². The van der Waals surface area contributed by atoms with E-state index < -0.39 is 15.9 Å². The molecule has 1 fully saturated rings. The molecule has 1 saturated heterocycles. The second-order valence-electron chi connectivity index (χ2n) is 7.62. The Bertz CT molecular complexity index is 1270. The third kappa shape index (κ3) is 4.28. The van der Waals surface area contributed by atoms with Crippen molar-refractivity contribution in [3.8, 4) is 11.4 Å². The highest BCUT2D eigenvalue weighted by molar-refractivity contribution is 7.89. The molecule has 0 bridgehead atoms. The number of aryl methyl sites for hydroxylation is 2. The molecule has 2 heterocycles. The van der Waals surface area contributed by atoms with E-state index in [9.17, 15) is 13.2 Å². The quantitative estimate of drug-likeness (QED) is 0.596. The lowest BCUT2D eigenvalue weighted by molar-refractivity contribution is -0.112. The second-order valence-corrected chi connectivity index (χ2v) is 9.56. The maximum atomic E-state index is 12.7. The van der Waals surface area contributed by atoms with E-state index in [-0.39, 0.29) is 10.5 Å². The molecule has 1 aliphatic rings. The van der Waals surface area contributed by atoms with Gasteiger partial charge in [-0.05, 0) is 50.1 Å². The van der Waals surface area contributed by atoms with Crippen LogP contribution < -0.4 is 5.73 Å². The van der Waals surface area contributed by atoms with E-state index in [0.717, 1.165) is 23.1 Å². The molecule has 9 heteroatoms. The normalized spacial score (nSPS) is 15.0. The van der Waals surface area contributed by atoms with Crippen LogP contribution in [0.4, 0.5) is 0 Å². The Balaban J connectivity index is 1.70. The molecule has 4 rings (SSSR count). The minimum absolute atomic E-state index is 0.131. The highest BCUT2D eigenvalue weighted by Crippen LogP contribution is 2.25. The van der Waals surface area contributed by atoms with Gasteiger partial charge in [-0.2, -0.15) is 4.31 Å². The summed E-state index contributed by atoms with van der Waals surface area (Å²) in [6, 6.07) is 12.3. The summed E-state index contributed by atoms with van der Waals surface area (Å²) < 4.78 is 28.2. The number of primary amides is 1. The van der Waals surface area contributed by atoms with Crippen LogP contribution in [-0.2, 0) is 14.8 Å². The Morgan fingerprint density at radius 2 is 1.81 bits per heavy atom. The van der Waals surface area contributed by atoms with E-state index in [2.05, 4.69) is 16.1 Å².